The molecule has 17 heavy (non-hydrogen) atoms. The third-order valence-electron chi connectivity index (χ3n) is 2.54. The zero-order chi connectivity index (χ0) is 12.4. The van der Waals surface area contributed by atoms with Crippen LogP contribution in [0.2, 0.25) is 0 Å². The standard InChI is InChI=1S/C12H14N2O2S/c1-4-8-5-6-11(17-8)9-7-10(12(15)16-3)14(2)13-9/h5-7H,4H2,1-3H3. The molecule has 0 atom stereocenters. The number of aromatic nitrogens is 2. The third kappa shape index (κ3) is 2.24. The molecule has 0 saturated heterocycles. The van der Waals surface area contributed by atoms with E-state index in [2.05, 4.69) is 18.1 Å². The van der Waals surface area contributed by atoms with Crippen molar-refractivity contribution in [3.8, 4) is 10.6 Å². The summed E-state index contributed by atoms with van der Waals surface area (Å²) in [7, 11) is 3.11. The Bertz CT molecular complexity index is 542. The van der Waals surface area contributed by atoms with Crippen molar-refractivity contribution in [2.45, 2.75) is 13.3 Å². The first-order chi connectivity index (χ1) is 8.15. The summed E-state index contributed by atoms with van der Waals surface area (Å²) in [5, 5.41) is 4.32. The molecule has 0 aliphatic rings. The molecule has 0 radical (unpaired) electrons. The summed E-state index contributed by atoms with van der Waals surface area (Å²) in [6.07, 6.45) is 1.02. The molecule has 0 bridgehead atoms. The van der Waals surface area contributed by atoms with E-state index >= 15 is 0 Å². The molecule has 5 heteroatoms. The van der Waals surface area contributed by atoms with Crippen LogP contribution in [0.15, 0.2) is 18.2 Å². The second kappa shape index (κ2) is 4.71. The second-order valence-corrected chi connectivity index (χ2v) is 4.82. The number of aryl methyl sites for hydroxylation is 2. The van der Waals surface area contributed by atoms with Crippen molar-refractivity contribution in [2.75, 3.05) is 7.11 Å². The summed E-state index contributed by atoms with van der Waals surface area (Å²) in [6.45, 7) is 2.12. The van der Waals surface area contributed by atoms with Gasteiger partial charge in [0, 0.05) is 11.9 Å². The summed E-state index contributed by atoms with van der Waals surface area (Å²) >= 11 is 1.70. The Labute approximate surface area is 104 Å². The van der Waals surface area contributed by atoms with Crippen molar-refractivity contribution >= 4 is 17.3 Å². The number of nitrogens with zero attached hydrogens (tertiary/aromatic N) is 2. The van der Waals surface area contributed by atoms with Gasteiger partial charge in [-0.1, -0.05) is 6.92 Å². The predicted molar refractivity (Wildman–Crippen MR) is 67.2 cm³/mol. The highest BCUT2D eigenvalue weighted by Gasteiger charge is 2.15. The highest BCUT2D eigenvalue weighted by Crippen LogP contribution is 2.27. The van der Waals surface area contributed by atoms with E-state index in [1.165, 1.54) is 12.0 Å². The average Bonchev–Trinajstić information content (AvgIpc) is 2.94. The minimum atomic E-state index is -0.362. The maximum absolute atomic E-state index is 11.5. The number of hydrogen-bond acceptors (Lipinski definition) is 4. The van der Waals surface area contributed by atoms with Crippen molar-refractivity contribution in [1.82, 2.24) is 9.78 Å². The highest BCUT2D eigenvalue weighted by atomic mass is 32.1. The van der Waals surface area contributed by atoms with Gasteiger partial charge in [-0.3, -0.25) is 4.68 Å². The van der Waals surface area contributed by atoms with Gasteiger partial charge in [-0.05, 0) is 24.6 Å². The lowest BCUT2D eigenvalue weighted by atomic mass is 10.3. The minimum absolute atomic E-state index is 0.362. The topological polar surface area (TPSA) is 44.1 Å². The fourth-order valence-electron chi connectivity index (χ4n) is 1.59. The minimum Gasteiger partial charge on any atom is -0.464 e. The van der Waals surface area contributed by atoms with Crippen LogP contribution in [0, 0.1) is 0 Å². The van der Waals surface area contributed by atoms with Crippen LogP contribution in [0.1, 0.15) is 22.3 Å². The predicted octanol–water partition coefficient (Wildman–Crippen LogP) is 2.50. The van der Waals surface area contributed by atoms with Crippen molar-refractivity contribution in [3.05, 3.63) is 28.8 Å². The number of esters is 1. The van der Waals surface area contributed by atoms with Crippen molar-refractivity contribution < 1.29 is 9.53 Å². The molecule has 4 nitrogen and oxygen atoms in total. The molecule has 0 unspecified atom stereocenters. The summed E-state index contributed by atoms with van der Waals surface area (Å²) in [6, 6.07) is 5.89. The van der Waals surface area contributed by atoms with Gasteiger partial charge in [0.15, 0.2) is 0 Å². The smallest absolute Gasteiger partial charge is 0.356 e. The largest absolute Gasteiger partial charge is 0.464 e. The Hall–Kier alpha value is -1.62. The number of hydrogen-bond donors (Lipinski definition) is 0. The summed E-state index contributed by atoms with van der Waals surface area (Å²) in [5.74, 6) is -0.362. The Morgan fingerprint density at radius 2 is 2.29 bits per heavy atom. The lowest BCUT2D eigenvalue weighted by Gasteiger charge is -1.96. The maximum atomic E-state index is 11.5. The number of carbonyl (C=O) groups excluding carboxylic acids is 1. The van der Waals surface area contributed by atoms with Gasteiger partial charge in [0.05, 0.1) is 12.0 Å². The monoisotopic (exact) mass is 250 g/mol. The Morgan fingerprint density at radius 1 is 1.53 bits per heavy atom. The fourth-order valence-corrected chi connectivity index (χ4v) is 2.49. The highest BCUT2D eigenvalue weighted by molar-refractivity contribution is 7.15. The molecular weight excluding hydrogens is 236 g/mol. The van der Waals surface area contributed by atoms with Gasteiger partial charge in [-0.25, -0.2) is 4.79 Å². The third-order valence-corrected chi connectivity index (χ3v) is 3.79. The van der Waals surface area contributed by atoms with Gasteiger partial charge in [0.1, 0.15) is 11.4 Å². The first kappa shape index (κ1) is 11.9. The molecule has 0 aromatic carbocycles. The van der Waals surface area contributed by atoms with Gasteiger partial charge < -0.3 is 4.74 Å². The molecule has 0 amide bonds. The van der Waals surface area contributed by atoms with Crippen molar-refractivity contribution in [2.24, 2.45) is 7.05 Å². The molecule has 0 N–H and O–H groups in total. The Kier molecular flexibility index (Phi) is 3.28. The number of carbonyl (C=O) groups is 1. The molecule has 0 aliphatic carbocycles. The summed E-state index contributed by atoms with van der Waals surface area (Å²) in [4.78, 5) is 13.8. The summed E-state index contributed by atoms with van der Waals surface area (Å²) < 4.78 is 6.24. The number of methoxy groups -OCH3 is 1. The normalized spacial score (nSPS) is 10.5. The van der Waals surface area contributed by atoms with Gasteiger partial charge in [-0.2, -0.15) is 5.10 Å². The second-order valence-electron chi connectivity index (χ2n) is 3.65. The van der Waals surface area contributed by atoms with E-state index in [-0.39, 0.29) is 5.97 Å². The van der Waals surface area contributed by atoms with E-state index in [1.54, 1.807) is 29.1 Å². The van der Waals surface area contributed by atoms with Crippen LogP contribution in [0.3, 0.4) is 0 Å². The molecule has 0 fully saturated rings. The van der Waals surface area contributed by atoms with Crippen LogP contribution in [0.5, 0.6) is 0 Å². The van der Waals surface area contributed by atoms with Gasteiger partial charge in [0.2, 0.25) is 0 Å². The molecule has 0 saturated carbocycles. The van der Waals surface area contributed by atoms with Crippen LogP contribution in [0.4, 0.5) is 0 Å². The Balaban J connectivity index is 2.37. The van der Waals surface area contributed by atoms with Gasteiger partial charge >= 0.3 is 5.97 Å². The van der Waals surface area contributed by atoms with Crippen LogP contribution >= 0.6 is 11.3 Å². The van der Waals surface area contributed by atoms with E-state index in [0.717, 1.165) is 17.0 Å². The quantitative estimate of drug-likeness (QED) is 0.786. The number of thiophene rings is 1. The SMILES string of the molecule is CCc1ccc(-c2cc(C(=O)OC)n(C)n2)s1. The molecule has 0 aliphatic heterocycles. The van der Waals surface area contributed by atoms with E-state index in [0.29, 0.717) is 5.69 Å². The molecule has 90 valence electrons. The Morgan fingerprint density at radius 3 is 2.88 bits per heavy atom. The van der Waals surface area contributed by atoms with Crippen LogP contribution in [-0.2, 0) is 18.2 Å². The van der Waals surface area contributed by atoms with Crippen LogP contribution in [-0.4, -0.2) is 22.9 Å². The molecule has 2 rings (SSSR count). The zero-order valence-corrected chi connectivity index (χ0v) is 10.9. The van der Waals surface area contributed by atoms with Gasteiger partial charge in [-0.15, -0.1) is 11.3 Å². The number of rotatable bonds is 3. The first-order valence-electron chi connectivity index (χ1n) is 5.37. The molecular formula is C12H14N2O2S. The van der Waals surface area contributed by atoms with E-state index in [1.807, 2.05) is 6.07 Å². The first-order valence-corrected chi connectivity index (χ1v) is 6.18. The molecule has 2 aromatic rings. The van der Waals surface area contributed by atoms with Gasteiger partial charge in [0.25, 0.3) is 0 Å². The summed E-state index contributed by atoms with van der Waals surface area (Å²) in [5.41, 5.74) is 1.28. The van der Waals surface area contributed by atoms with Crippen LogP contribution < -0.4 is 0 Å². The van der Waals surface area contributed by atoms with E-state index < -0.39 is 0 Å². The average molecular weight is 250 g/mol. The number of ether oxygens (including phenoxy) is 1. The molecule has 0 spiro atoms. The van der Waals surface area contributed by atoms with E-state index in [4.69, 9.17) is 4.74 Å². The zero-order valence-electron chi connectivity index (χ0n) is 10.1. The maximum Gasteiger partial charge on any atom is 0.356 e. The lowest BCUT2D eigenvalue weighted by molar-refractivity contribution is 0.0588. The lowest BCUT2D eigenvalue weighted by Crippen LogP contribution is -2.07. The van der Waals surface area contributed by atoms with Crippen LogP contribution in [0.25, 0.3) is 10.6 Å². The fraction of sp³-hybridized carbons (Fsp3) is 0.333. The van der Waals surface area contributed by atoms with Crippen molar-refractivity contribution in [3.63, 3.8) is 0 Å². The molecule has 2 heterocycles. The molecule has 2 aromatic heterocycles. The van der Waals surface area contributed by atoms with Crippen molar-refractivity contribution in [1.29, 1.82) is 0 Å². The van der Waals surface area contributed by atoms with E-state index in [9.17, 15) is 4.79 Å².